The van der Waals surface area contributed by atoms with Crippen LogP contribution in [-0.2, 0) is 4.79 Å². The Kier molecular flexibility index (Phi) is 2.56. The first kappa shape index (κ1) is 9.68. The van der Waals surface area contributed by atoms with Crippen LogP contribution >= 0.6 is 11.3 Å². The van der Waals surface area contributed by atoms with E-state index in [9.17, 15) is 4.79 Å². The first-order valence-electron chi connectivity index (χ1n) is 4.80. The largest absolute Gasteiger partial charge is 0.320 e. The van der Waals surface area contributed by atoms with E-state index in [2.05, 4.69) is 5.38 Å². The van der Waals surface area contributed by atoms with Gasteiger partial charge in [0.25, 0.3) is 0 Å². The number of anilines is 1. The average molecular weight is 210 g/mol. The Morgan fingerprint density at radius 1 is 1.57 bits per heavy atom. The summed E-state index contributed by atoms with van der Waals surface area (Å²) in [6.45, 7) is 2.84. The van der Waals surface area contributed by atoms with Gasteiger partial charge in [0.05, 0.1) is 11.7 Å². The number of aryl methyl sites for hydroxylation is 1. The van der Waals surface area contributed by atoms with Crippen LogP contribution in [0.3, 0.4) is 0 Å². The minimum atomic E-state index is -0.303. The monoisotopic (exact) mass is 210 g/mol. The van der Waals surface area contributed by atoms with Crippen LogP contribution in [-0.4, -0.2) is 18.5 Å². The molecule has 1 aromatic rings. The van der Waals surface area contributed by atoms with Gasteiger partial charge in [-0.05, 0) is 30.7 Å². The normalized spacial score (nSPS) is 22.9. The van der Waals surface area contributed by atoms with Crippen LogP contribution < -0.4 is 10.6 Å². The number of nitrogens with zero attached hydrogens (tertiary/aromatic N) is 1. The van der Waals surface area contributed by atoms with Crippen molar-refractivity contribution in [3.63, 3.8) is 0 Å². The van der Waals surface area contributed by atoms with Crippen LogP contribution in [0.25, 0.3) is 0 Å². The molecule has 1 amide bonds. The van der Waals surface area contributed by atoms with E-state index < -0.39 is 0 Å². The van der Waals surface area contributed by atoms with Crippen molar-refractivity contribution in [1.82, 2.24) is 0 Å². The van der Waals surface area contributed by atoms with Gasteiger partial charge in [0.15, 0.2) is 0 Å². The molecule has 2 rings (SSSR count). The van der Waals surface area contributed by atoms with E-state index in [-0.39, 0.29) is 11.9 Å². The van der Waals surface area contributed by atoms with E-state index in [1.807, 2.05) is 17.2 Å². The van der Waals surface area contributed by atoms with Crippen molar-refractivity contribution < 1.29 is 4.79 Å². The van der Waals surface area contributed by atoms with E-state index in [1.165, 1.54) is 0 Å². The number of rotatable bonds is 1. The number of amides is 1. The second-order valence-corrected chi connectivity index (χ2v) is 4.42. The Labute approximate surface area is 87.5 Å². The third kappa shape index (κ3) is 1.55. The van der Waals surface area contributed by atoms with Crippen LogP contribution in [0.4, 0.5) is 5.69 Å². The molecule has 0 aromatic carbocycles. The highest BCUT2D eigenvalue weighted by molar-refractivity contribution is 7.08. The third-order valence-corrected chi connectivity index (χ3v) is 3.45. The van der Waals surface area contributed by atoms with Gasteiger partial charge in [-0.1, -0.05) is 0 Å². The zero-order valence-electron chi connectivity index (χ0n) is 8.19. The predicted molar refractivity (Wildman–Crippen MR) is 58.6 cm³/mol. The molecule has 76 valence electrons. The second-order valence-electron chi connectivity index (χ2n) is 3.68. The number of piperidine rings is 1. The Morgan fingerprint density at radius 3 is 3.00 bits per heavy atom. The van der Waals surface area contributed by atoms with Crippen LogP contribution in [0, 0.1) is 6.92 Å². The molecule has 14 heavy (non-hydrogen) atoms. The molecule has 0 spiro atoms. The van der Waals surface area contributed by atoms with Gasteiger partial charge in [-0.15, -0.1) is 11.3 Å². The summed E-state index contributed by atoms with van der Waals surface area (Å²) < 4.78 is 0. The van der Waals surface area contributed by atoms with Crippen molar-refractivity contribution in [3.8, 4) is 0 Å². The number of hydrogen-bond donors (Lipinski definition) is 1. The predicted octanol–water partition coefficient (Wildman–Crippen LogP) is 1.51. The van der Waals surface area contributed by atoms with E-state index in [1.54, 1.807) is 11.3 Å². The highest BCUT2D eigenvalue weighted by atomic mass is 32.1. The molecule has 1 unspecified atom stereocenters. The van der Waals surface area contributed by atoms with Gasteiger partial charge in [-0.25, -0.2) is 0 Å². The van der Waals surface area contributed by atoms with E-state index in [0.717, 1.165) is 30.6 Å². The Bertz CT molecular complexity index is 348. The lowest BCUT2D eigenvalue weighted by molar-refractivity contribution is -0.120. The van der Waals surface area contributed by atoms with Crippen molar-refractivity contribution in [1.29, 1.82) is 0 Å². The summed E-state index contributed by atoms with van der Waals surface area (Å²) in [5.74, 6) is 0.0674. The summed E-state index contributed by atoms with van der Waals surface area (Å²) >= 11 is 1.63. The Balaban J connectivity index is 2.26. The van der Waals surface area contributed by atoms with Gasteiger partial charge in [0.2, 0.25) is 5.91 Å². The summed E-state index contributed by atoms with van der Waals surface area (Å²) in [4.78, 5) is 13.6. The van der Waals surface area contributed by atoms with Crippen LogP contribution in [0.2, 0.25) is 0 Å². The standard InChI is InChI=1S/C10H14N2OS/c1-7-5-14-6-9(7)12-4-2-3-8(11)10(12)13/h5-6,8H,2-4,11H2,1H3. The molecule has 3 nitrogen and oxygen atoms in total. The molecule has 1 atom stereocenters. The molecule has 0 aliphatic carbocycles. The lowest BCUT2D eigenvalue weighted by Crippen LogP contribution is -2.48. The minimum Gasteiger partial charge on any atom is -0.320 e. The maximum Gasteiger partial charge on any atom is 0.243 e. The highest BCUT2D eigenvalue weighted by Gasteiger charge is 2.27. The van der Waals surface area contributed by atoms with Crippen LogP contribution in [0.1, 0.15) is 18.4 Å². The number of thiophene rings is 1. The molecule has 1 saturated heterocycles. The molecule has 4 heteroatoms. The van der Waals surface area contributed by atoms with Crippen molar-refractivity contribution in [3.05, 3.63) is 16.3 Å². The number of carbonyl (C=O) groups excluding carboxylic acids is 1. The molecule has 1 aromatic heterocycles. The zero-order chi connectivity index (χ0) is 10.1. The molecular formula is C10H14N2OS. The molecule has 1 aliphatic rings. The third-order valence-electron chi connectivity index (χ3n) is 2.60. The van der Waals surface area contributed by atoms with Crippen LogP contribution in [0.15, 0.2) is 10.8 Å². The molecule has 2 N–H and O–H groups in total. The van der Waals surface area contributed by atoms with Gasteiger partial charge in [0.1, 0.15) is 0 Å². The Hall–Kier alpha value is -0.870. The smallest absolute Gasteiger partial charge is 0.243 e. The number of hydrogen-bond acceptors (Lipinski definition) is 3. The van der Waals surface area contributed by atoms with Crippen molar-refractivity contribution in [2.24, 2.45) is 5.73 Å². The first-order valence-corrected chi connectivity index (χ1v) is 5.74. The Morgan fingerprint density at radius 2 is 2.36 bits per heavy atom. The molecule has 0 bridgehead atoms. The maximum atomic E-state index is 11.8. The molecule has 0 radical (unpaired) electrons. The van der Waals surface area contributed by atoms with Crippen molar-refractivity contribution in [2.45, 2.75) is 25.8 Å². The number of carbonyl (C=O) groups is 1. The van der Waals surface area contributed by atoms with E-state index >= 15 is 0 Å². The average Bonchev–Trinajstić information content (AvgIpc) is 2.57. The van der Waals surface area contributed by atoms with Gasteiger partial charge in [0, 0.05) is 11.9 Å². The maximum absolute atomic E-state index is 11.8. The SMILES string of the molecule is Cc1cscc1N1CCCC(N)C1=O. The second kappa shape index (κ2) is 3.71. The minimum absolute atomic E-state index is 0.0674. The van der Waals surface area contributed by atoms with Crippen LogP contribution in [0.5, 0.6) is 0 Å². The summed E-state index contributed by atoms with van der Waals surface area (Å²) in [7, 11) is 0. The first-order chi connectivity index (χ1) is 6.70. The fourth-order valence-corrected chi connectivity index (χ4v) is 2.61. The van der Waals surface area contributed by atoms with Crippen molar-refractivity contribution in [2.75, 3.05) is 11.4 Å². The molecule has 0 saturated carbocycles. The van der Waals surface area contributed by atoms with E-state index in [4.69, 9.17) is 5.73 Å². The molecule has 1 aliphatic heterocycles. The summed E-state index contributed by atoms with van der Waals surface area (Å²) in [6, 6.07) is -0.303. The van der Waals surface area contributed by atoms with Gasteiger partial charge in [-0.3, -0.25) is 4.79 Å². The lowest BCUT2D eigenvalue weighted by atomic mass is 10.0. The highest BCUT2D eigenvalue weighted by Crippen LogP contribution is 2.27. The molecular weight excluding hydrogens is 196 g/mol. The zero-order valence-corrected chi connectivity index (χ0v) is 9.01. The topological polar surface area (TPSA) is 46.3 Å². The van der Waals surface area contributed by atoms with E-state index in [0.29, 0.717) is 0 Å². The fourth-order valence-electron chi connectivity index (χ4n) is 1.77. The summed E-state index contributed by atoms with van der Waals surface area (Å²) in [5, 5.41) is 4.08. The molecule has 1 fully saturated rings. The van der Waals surface area contributed by atoms with Gasteiger partial charge >= 0.3 is 0 Å². The fraction of sp³-hybridized carbons (Fsp3) is 0.500. The summed E-state index contributed by atoms with van der Waals surface area (Å²) in [6.07, 6.45) is 1.82. The van der Waals surface area contributed by atoms with Gasteiger partial charge < -0.3 is 10.6 Å². The lowest BCUT2D eigenvalue weighted by Gasteiger charge is -2.30. The van der Waals surface area contributed by atoms with Crippen molar-refractivity contribution >= 4 is 22.9 Å². The van der Waals surface area contributed by atoms with Gasteiger partial charge in [-0.2, -0.15) is 0 Å². The summed E-state index contributed by atoms with van der Waals surface area (Å²) in [5.41, 5.74) is 7.94. The number of nitrogens with two attached hydrogens (primary N) is 1. The molecule has 2 heterocycles. The quantitative estimate of drug-likeness (QED) is 0.763.